The number of hydrogen-bond acceptors (Lipinski definition) is 10. The van der Waals surface area contributed by atoms with Gasteiger partial charge in [0.1, 0.15) is 19.2 Å². The molecule has 1 N–H and O–H groups in total. The molecule has 5 aliphatic rings. The molecule has 0 radical (unpaired) electrons. The molecule has 0 bridgehead atoms. The molecule has 44 heavy (non-hydrogen) atoms. The molecule has 5 heterocycles. The first kappa shape index (κ1) is 28.8. The maximum Gasteiger partial charge on any atom is 0.256 e. The largest absolute Gasteiger partial charge is 0.493 e. The molecule has 2 aromatic carbocycles. The lowest BCUT2D eigenvalue weighted by Crippen LogP contribution is -2.48. The summed E-state index contributed by atoms with van der Waals surface area (Å²) in [5.41, 5.74) is 2.83. The first-order valence-corrected chi connectivity index (χ1v) is 15.4. The minimum atomic E-state index is -0.224. The van der Waals surface area contributed by atoms with Crippen LogP contribution in [-0.4, -0.2) is 121 Å². The van der Waals surface area contributed by atoms with Gasteiger partial charge in [-0.15, -0.1) is 0 Å². The van der Waals surface area contributed by atoms with Gasteiger partial charge in [-0.2, -0.15) is 0 Å². The second-order valence-electron chi connectivity index (χ2n) is 11.9. The van der Waals surface area contributed by atoms with Crippen LogP contribution in [0.3, 0.4) is 0 Å². The molecular weight excluding hydrogens is 564 g/mol. The Bertz CT molecular complexity index is 1390. The van der Waals surface area contributed by atoms with Crippen molar-refractivity contribution in [2.75, 3.05) is 59.8 Å². The fraction of sp³-hybridized carbons (Fsp3) is 0.500. The zero-order valence-electron chi connectivity index (χ0n) is 25.0. The number of benzene rings is 2. The molecule has 0 saturated carbocycles. The summed E-state index contributed by atoms with van der Waals surface area (Å²) in [7, 11) is 1.58. The van der Waals surface area contributed by atoms with Gasteiger partial charge in [-0.25, -0.2) is 0 Å². The second-order valence-corrected chi connectivity index (χ2v) is 11.9. The van der Waals surface area contributed by atoms with E-state index in [0.717, 1.165) is 65.0 Å². The quantitative estimate of drug-likeness (QED) is 0.490. The van der Waals surface area contributed by atoms with E-state index in [1.54, 1.807) is 31.4 Å². The van der Waals surface area contributed by atoms with Gasteiger partial charge in [-0.3, -0.25) is 29.4 Å². The van der Waals surface area contributed by atoms with Crippen LogP contribution in [0.4, 0.5) is 11.4 Å². The SMILES string of the molecule is COc1cc2c(cc1OCN1CCN(COc3cc4c(cc3CO)C(=O)N3CCC[C@H]3C=N4)CC1)N=C[C@@H]1CCCN1C2=O. The molecule has 5 aliphatic heterocycles. The van der Waals surface area contributed by atoms with Gasteiger partial charge in [0, 0.05) is 69.4 Å². The van der Waals surface area contributed by atoms with Crippen molar-refractivity contribution in [2.24, 2.45) is 9.98 Å². The Kier molecular flexibility index (Phi) is 7.96. The highest BCUT2D eigenvalue weighted by Gasteiger charge is 2.34. The Labute approximate surface area is 256 Å². The fourth-order valence-corrected chi connectivity index (χ4v) is 6.66. The first-order chi connectivity index (χ1) is 21.5. The summed E-state index contributed by atoms with van der Waals surface area (Å²) in [5.74, 6) is 1.57. The van der Waals surface area contributed by atoms with E-state index in [0.29, 0.717) is 58.8 Å². The third-order valence-electron chi connectivity index (χ3n) is 9.25. The highest BCUT2D eigenvalue weighted by atomic mass is 16.5. The van der Waals surface area contributed by atoms with Gasteiger partial charge in [-0.1, -0.05) is 0 Å². The van der Waals surface area contributed by atoms with Crippen LogP contribution in [0.1, 0.15) is 52.0 Å². The van der Waals surface area contributed by atoms with E-state index in [1.807, 2.05) is 22.2 Å². The van der Waals surface area contributed by atoms with Crippen molar-refractivity contribution in [1.82, 2.24) is 19.6 Å². The lowest BCUT2D eigenvalue weighted by atomic mass is 10.1. The van der Waals surface area contributed by atoms with Crippen molar-refractivity contribution in [3.8, 4) is 17.2 Å². The minimum absolute atomic E-state index is 0.0123. The van der Waals surface area contributed by atoms with Gasteiger partial charge < -0.3 is 29.1 Å². The monoisotopic (exact) mass is 602 g/mol. The Morgan fingerprint density at radius 3 is 1.80 bits per heavy atom. The second kappa shape index (κ2) is 12.2. The van der Waals surface area contributed by atoms with Gasteiger partial charge in [0.15, 0.2) is 11.5 Å². The predicted octanol–water partition coefficient (Wildman–Crippen LogP) is 2.82. The van der Waals surface area contributed by atoms with Crippen molar-refractivity contribution < 1.29 is 28.9 Å². The van der Waals surface area contributed by atoms with Crippen LogP contribution < -0.4 is 14.2 Å². The van der Waals surface area contributed by atoms with E-state index >= 15 is 0 Å². The smallest absolute Gasteiger partial charge is 0.256 e. The fourth-order valence-electron chi connectivity index (χ4n) is 6.66. The van der Waals surface area contributed by atoms with Crippen LogP contribution in [0.25, 0.3) is 0 Å². The van der Waals surface area contributed by atoms with Crippen molar-refractivity contribution >= 4 is 35.6 Å². The number of piperazine rings is 1. The summed E-state index contributed by atoms with van der Waals surface area (Å²) in [5, 5.41) is 10.0. The van der Waals surface area contributed by atoms with Gasteiger partial charge in [0.2, 0.25) is 0 Å². The molecule has 2 aromatic rings. The molecule has 2 amide bonds. The Balaban J connectivity index is 0.950. The number of methoxy groups -OCH3 is 1. The van der Waals surface area contributed by atoms with E-state index in [-0.39, 0.29) is 30.5 Å². The number of carbonyl (C=O) groups is 2. The van der Waals surface area contributed by atoms with Gasteiger partial charge in [0.05, 0.1) is 48.3 Å². The lowest BCUT2D eigenvalue weighted by molar-refractivity contribution is 0.0320. The summed E-state index contributed by atoms with van der Waals surface area (Å²) in [6.07, 6.45) is 7.56. The van der Waals surface area contributed by atoms with Crippen LogP contribution in [0, 0.1) is 0 Å². The van der Waals surface area contributed by atoms with Gasteiger partial charge in [0.25, 0.3) is 11.8 Å². The molecule has 3 saturated heterocycles. The summed E-state index contributed by atoms with van der Waals surface area (Å²) < 4.78 is 17.9. The molecule has 3 fully saturated rings. The Hall–Kier alpha value is -4.00. The number of aliphatic hydroxyl groups is 1. The molecule has 0 aliphatic carbocycles. The summed E-state index contributed by atoms with van der Waals surface area (Å²) in [6.45, 7) is 5.08. The first-order valence-electron chi connectivity index (χ1n) is 15.4. The number of fused-ring (bicyclic) bond motifs is 4. The zero-order chi connectivity index (χ0) is 30.2. The normalized spacial score (nSPS) is 23.1. The molecule has 2 atom stereocenters. The average molecular weight is 603 g/mol. The van der Waals surface area contributed by atoms with Crippen LogP contribution in [0.15, 0.2) is 34.3 Å². The summed E-state index contributed by atoms with van der Waals surface area (Å²) >= 11 is 0. The number of ether oxygens (including phenoxy) is 3. The molecule has 12 nitrogen and oxygen atoms in total. The lowest BCUT2D eigenvalue weighted by Gasteiger charge is -2.34. The van der Waals surface area contributed by atoms with E-state index in [4.69, 9.17) is 14.2 Å². The Morgan fingerprint density at radius 1 is 0.727 bits per heavy atom. The number of aliphatic hydroxyl groups excluding tert-OH is 1. The van der Waals surface area contributed by atoms with Crippen LogP contribution in [0.5, 0.6) is 17.2 Å². The van der Waals surface area contributed by atoms with E-state index in [1.165, 1.54) is 0 Å². The molecule has 12 heteroatoms. The van der Waals surface area contributed by atoms with Gasteiger partial charge in [-0.05, 0) is 37.8 Å². The number of aliphatic imine (C=N–C) groups is 2. The predicted molar refractivity (Wildman–Crippen MR) is 164 cm³/mol. The van der Waals surface area contributed by atoms with Crippen molar-refractivity contribution in [3.63, 3.8) is 0 Å². The van der Waals surface area contributed by atoms with Crippen LogP contribution in [-0.2, 0) is 6.61 Å². The third kappa shape index (κ3) is 5.42. The molecule has 7 rings (SSSR count). The maximum atomic E-state index is 13.1. The number of hydrogen-bond donors (Lipinski definition) is 1. The topological polar surface area (TPSA) is 120 Å². The third-order valence-corrected chi connectivity index (χ3v) is 9.25. The van der Waals surface area contributed by atoms with E-state index in [9.17, 15) is 14.7 Å². The van der Waals surface area contributed by atoms with Crippen molar-refractivity contribution in [3.05, 3.63) is 41.0 Å². The maximum absolute atomic E-state index is 13.1. The number of rotatable bonds is 8. The summed E-state index contributed by atoms with van der Waals surface area (Å²) in [6, 6.07) is 7.13. The number of nitrogens with zero attached hydrogens (tertiary/aromatic N) is 6. The Morgan fingerprint density at radius 2 is 1.25 bits per heavy atom. The molecular formula is C32H38N6O6. The standard InChI is InChI=1S/C32H38N6O6/c1-42-29-13-25-27(34-17-23-5-3-7-38(23)32(25)41)15-30(29)44-20-36-10-8-35(9-11-36)19-43-28-14-26-24(12-21(28)18-39)31(40)37-6-2-4-22(37)16-33-26/h12-17,22-23,39H,2-11,18-20H2,1H3/t22-,23-/m0/s1. The number of amides is 2. The molecule has 0 spiro atoms. The number of carbonyl (C=O) groups excluding carboxylic acids is 2. The zero-order valence-corrected chi connectivity index (χ0v) is 25.0. The minimum Gasteiger partial charge on any atom is -0.493 e. The van der Waals surface area contributed by atoms with Crippen molar-refractivity contribution in [2.45, 2.75) is 44.4 Å². The van der Waals surface area contributed by atoms with Crippen LogP contribution >= 0.6 is 0 Å². The van der Waals surface area contributed by atoms with Crippen LogP contribution in [0.2, 0.25) is 0 Å². The average Bonchev–Trinajstić information content (AvgIpc) is 3.69. The molecule has 232 valence electrons. The molecule has 0 aromatic heterocycles. The highest BCUT2D eigenvalue weighted by Crippen LogP contribution is 2.38. The van der Waals surface area contributed by atoms with E-state index < -0.39 is 0 Å². The highest BCUT2D eigenvalue weighted by molar-refractivity contribution is 6.04. The van der Waals surface area contributed by atoms with Crippen molar-refractivity contribution in [1.29, 1.82) is 0 Å². The van der Waals surface area contributed by atoms with Gasteiger partial charge >= 0.3 is 0 Å². The molecule has 0 unspecified atom stereocenters. The summed E-state index contributed by atoms with van der Waals surface area (Å²) in [4.78, 5) is 43.6. The van der Waals surface area contributed by atoms with E-state index in [2.05, 4.69) is 19.8 Å².